The maximum atomic E-state index is 11.8. The van der Waals surface area contributed by atoms with Gasteiger partial charge in [0.15, 0.2) is 0 Å². The van der Waals surface area contributed by atoms with Crippen LogP contribution in [0, 0.1) is 5.41 Å². The van der Waals surface area contributed by atoms with E-state index in [1.54, 1.807) is 0 Å². The fourth-order valence-corrected chi connectivity index (χ4v) is 3.71. The molecule has 0 unspecified atom stereocenters. The van der Waals surface area contributed by atoms with Crippen LogP contribution in [-0.2, 0) is 11.3 Å². The van der Waals surface area contributed by atoms with Crippen molar-refractivity contribution >= 4 is 5.78 Å². The Morgan fingerprint density at radius 3 is 2.37 bits per heavy atom. The van der Waals surface area contributed by atoms with Crippen molar-refractivity contribution in [1.82, 2.24) is 4.90 Å². The minimum absolute atomic E-state index is 0.115. The first-order valence-electron chi connectivity index (χ1n) is 7.47. The van der Waals surface area contributed by atoms with E-state index in [4.69, 9.17) is 0 Å². The van der Waals surface area contributed by atoms with Gasteiger partial charge in [0.2, 0.25) is 0 Å². The van der Waals surface area contributed by atoms with E-state index >= 15 is 0 Å². The maximum absolute atomic E-state index is 11.8. The summed E-state index contributed by atoms with van der Waals surface area (Å²) in [6, 6.07) is 11.3. The number of Topliss-reactive ketones (excluding diaryl/α,β-unsaturated/α-hetero) is 1. The summed E-state index contributed by atoms with van der Waals surface area (Å²) in [5, 5.41) is 0. The Bertz CT molecular complexity index is 446. The molecule has 2 heteroatoms. The molecule has 2 nitrogen and oxygen atoms in total. The third-order valence-corrected chi connectivity index (χ3v) is 5.23. The van der Waals surface area contributed by atoms with Crippen LogP contribution in [0.1, 0.15) is 44.1 Å². The molecular weight excluding hydrogens is 234 g/mol. The summed E-state index contributed by atoms with van der Waals surface area (Å²) in [5.74, 6) is 0.539. The lowest BCUT2D eigenvalue weighted by molar-refractivity contribution is -0.141. The Kier molecular flexibility index (Phi) is 3.44. The van der Waals surface area contributed by atoms with Crippen molar-refractivity contribution in [3.05, 3.63) is 35.9 Å². The summed E-state index contributed by atoms with van der Waals surface area (Å²) in [4.78, 5) is 14.2. The quantitative estimate of drug-likeness (QED) is 0.827. The van der Waals surface area contributed by atoms with Gasteiger partial charge < -0.3 is 0 Å². The number of hydrogen-bond donors (Lipinski definition) is 0. The van der Waals surface area contributed by atoms with Gasteiger partial charge in [0.1, 0.15) is 5.78 Å². The summed E-state index contributed by atoms with van der Waals surface area (Å²) < 4.78 is 0. The van der Waals surface area contributed by atoms with Gasteiger partial charge in [-0.05, 0) is 44.7 Å². The van der Waals surface area contributed by atoms with Gasteiger partial charge in [-0.2, -0.15) is 0 Å². The predicted molar refractivity (Wildman–Crippen MR) is 76.8 cm³/mol. The molecular formula is C17H23NO. The van der Waals surface area contributed by atoms with Crippen LogP contribution in [0.5, 0.6) is 0 Å². The molecule has 0 heterocycles. The van der Waals surface area contributed by atoms with Gasteiger partial charge >= 0.3 is 0 Å². The number of carbonyl (C=O) groups excluding carboxylic acids is 1. The third-order valence-electron chi connectivity index (χ3n) is 5.23. The number of hydrogen-bond acceptors (Lipinski definition) is 2. The van der Waals surface area contributed by atoms with Crippen LogP contribution in [0.4, 0.5) is 0 Å². The average molecular weight is 257 g/mol. The molecule has 2 aliphatic carbocycles. The van der Waals surface area contributed by atoms with Crippen molar-refractivity contribution in [3.63, 3.8) is 0 Å². The lowest BCUT2D eigenvalue weighted by Crippen LogP contribution is -2.47. The maximum Gasteiger partial charge on any atom is 0.139 e. The van der Waals surface area contributed by atoms with E-state index in [1.165, 1.54) is 18.4 Å². The summed E-state index contributed by atoms with van der Waals surface area (Å²) in [5.41, 5.74) is 1.49. The Labute approximate surface area is 115 Å². The second-order valence-electron chi connectivity index (χ2n) is 6.34. The Morgan fingerprint density at radius 2 is 1.84 bits per heavy atom. The van der Waals surface area contributed by atoms with Gasteiger partial charge in [-0.25, -0.2) is 0 Å². The first-order valence-corrected chi connectivity index (χ1v) is 7.47. The van der Waals surface area contributed by atoms with E-state index in [2.05, 4.69) is 42.3 Å². The van der Waals surface area contributed by atoms with Crippen LogP contribution < -0.4 is 0 Å². The van der Waals surface area contributed by atoms with E-state index in [0.717, 1.165) is 32.2 Å². The zero-order chi connectivity index (χ0) is 13.3. The van der Waals surface area contributed by atoms with Gasteiger partial charge in [0, 0.05) is 24.4 Å². The van der Waals surface area contributed by atoms with Crippen LogP contribution >= 0.6 is 0 Å². The molecule has 1 aromatic rings. The van der Waals surface area contributed by atoms with Gasteiger partial charge in [-0.15, -0.1) is 0 Å². The van der Waals surface area contributed by atoms with Crippen molar-refractivity contribution in [2.75, 3.05) is 7.05 Å². The van der Waals surface area contributed by atoms with Crippen molar-refractivity contribution in [2.45, 2.75) is 51.1 Å². The largest absolute Gasteiger partial charge is 0.299 e. The SMILES string of the molecule is CN(Cc1ccccc1)C1CCC2(CCC2=O)CC1. The van der Waals surface area contributed by atoms with Crippen LogP contribution in [-0.4, -0.2) is 23.8 Å². The highest BCUT2D eigenvalue weighted by Gasteiger charge is 2.47. The minimum atomic E-state index is 0.115. The first-order chi connectivity index (χ1) is 9.20. The van der Waals surface area contributed by atoms with E-state index < -0.39 is 0 Å². The van der Waals surface area contributed by atoms with Crippen LogP contribution in [0.3, 0.4) is 0 Å². The molecule has 0 amide bonds. The summed E-state index contributed by atoms with van der Waals surface area (Å²) in [7, 11) is 2.22. The molecule has 0 N–H and O–H groups in total. The molecule has 2 saturated carbocycles. The molecule has 3 rings (SSSR count). The van der Waals surface area contributed by atoms with Gasteiger partial charge in [-0.1, -0.05) is 30.3 Å². The average Bonchev–Trinajstić information content (AvgIpc) is 2.47. The predicted octanol–water partition coefficient (Wildman–Crippen LogP) is 3.41. The Morgan fingerprint density at radius 1 is 1.16 bits per heavy atom. The first kappa shape index (κ1) is 12.9. The highest BCUT2D eigenvalue weighted by atomic mass is 16.1. The molecule has 102 valence electrons. The molecule has 0 aliphatic heterocycles. The topological polar surface area (TPSA) is 20.3 Å². The highest BCUT2D eigenvalue weighted by molar-refractivity contribution is 5.90. The van der Waals surface area contributed by atoms with Crippen molar-refractivity contribution < 1.29 is 4.79 Å². The molecule has 2 fully saturated rings. The molecule has 0 radical (unpaired) electrons. The lowest BCUT2D eigenvalue weighted by atomic mass is 9.59. The summed E-state index contributed by atoms with van der Waals surface area (Å²) in [6.45, 7) is 1.02. The number of carbonyl (C=O) groups is 1. The monoisotopic (exact) mass is 257 g/mol. The molecule has 1 aromatic carbocycles. The third kappa shape index (κ3) is 2.46. The van der Waals surface area contributed by atoms with E-state index in [9.17, 15) is 4.79 Å². The van der Waals surface area contributed by atoms with Crippen LogP contribution in [0.15, 0.2) is 30.3 Å². The summed E-state index contributed by atoms with van der Waals surface area (Å²) in [6.07, 6.45) is 6.61. The molecule has 0 atom stereocenters. The van der Waals surface area contributed by atoms with E-state index in [-0.39, 0.29) is 5.41 Å². The number of nitrogens with zero attached hydrogens (tertiary/aromatic N) is 1. The van der Waals surface area contributed by atoms with Crippen LogP contribution in [0.25, 0.3) is 0 Å². The van der Waals surface area contributed by atoms with Crippen molar-refractivity contribution in [1.29, 1.82) is 0 Å². The minimum Gasteiger partial charge on any atom is -0.299 e. The molecule has 0 aromatic heterocycles. The Hall–Kier alpha value is -1.15. The number of benzene rings is 1. The molecule has 1 spiro atoms. The highest BCUT2D eigenvalue weighted by Crippen LogP contribution is 2.49. The molecule has 0 bridgehead atoms. The van der Waals surface area contributed by atoms with Gasteiger partial charge in [0.05, 0.1) is 0 Å². The normalized spacial score (nSPS) is 30.6. The van der Waals surface area contributed by atoms with E-state index in [1.807, 2.05) is 0 Å². The standard InChI is InChI=1S/C17H23NO/c1-18(13-14-5-3-2-4-6-14)15-7-10-17(11-8-15)12-9-16(17)19/h2-6,15H,7-13H2,1H3. The Balaban J connectivity index is 1.55. The number of ketones is 1. The fraction of sp³-hybridized carbons (Fsp3) is 0.588. The lowest BCUT2D eigenvalue weighted by Gasteiger charge is -2.46. The van der Waals surface area contributed by atoms with E-state index in [0.29, 0.717) is 11.8 Å². The van der Waals surface area contributed by atoms with Crippen molar-refractivity contribution in [3.8, 4) is 0 Å². The zero-order valence-corrected chi connectivity index (χ0v) is 11.8. The van der Waals surface area contributed by atoms with Gasteiger partial charge in [0.25, 0.3) is 0 Å². The second-order valence-corrected chi connectivity index (χ2v) is 6.34. The zero-order valence-electron chi connectivity index (χ0n) is 11.8. The smallest absolute Gasteiger partial charge is 0.139 e. The van der Waals surface area contributed by atoms with Crippen molar-refractivity contribution in [2.24, 2.45) is 5.41 Å². The molecule has 0 saturated heterocycles. The summed E-state index contributed by atoms with van der Waals surface area (Å²) >= 11 is 0. The van der Waals surface area contributed by atoms with Gasteiger partial charge in [-0.3, -0.25) is 9.69 Å². The number of rotatable bonds is 3. The van der Waals surface area contributed by atoms with Crippen LogP contribution in [0.2, 0.25) is 0 Å². The molecule has 2 aliphatic rings. The fourth-order valence-electron chi connectivity index (χ4n) is 3.71. The molecule has 19 heavy (non-hydrogen) atoms. The second kappa shape index (κ2) is 5.09.